The molecule has 0 aliphatic carbocycles. The number of carbonyl (C=O) groups is 2. The van der Waals surface area contributed by atoms with E-state index in [0.29, 0.717) is 11.1 Å². The minimum Gasteiger partial charge on any atom is -0.489 e. The first kappa shape index (κ1) is 17.4. The number of carbonyl (C=O) groups excluding carboxylic acids is 2. The molecule has 2 aromatic rings. The van der Waals surface area contributed by atoms with E-state index in [9.17, 15) is 14.0 Å². The van der Waals surface area contributed by atoms with Crippen LogP contribution in [0.3, 0.4) is 0 Å². The SMILES string of the molecule is C[C@]1(c2ccc(C#N)cc2)NC(=O)N(CCOc2ccccc2F)C1=O. The van der Waals surface area contributed by atoms with Gasteiger partial charge in [-0.1, -0.05) is 24.3 Å². The van der Waals surface area contributed by atoms with Gasteiger partial charge in [-0.05, 0) is 36.8 Å². The number of ether oxygens (including phenoxy) is 1. The molecule has 1 saturated heterocycles. The van der Waals surface area contributed by atoms with Gasteiger partial charge in [0, 0.05) is 0 Å². The normalized spacial score (nSPS) is 19.2. The van der Waals surface area contributed by atoms with Crippen LogP contribution in [0, 0.1) is 17.1 Å². The lowest BCUT2D eigenvalue weighted by molar-refractivity contribution is -0.131. The quantitative estimate of drug-likeness (QED) is 0.838. The number of nitrogens with one attached hydrogen (secondary N) is 1. The van der Waals surface area contributed by atoms with Crippen LogP contribution in [0.25, 0.3) is 0 Å². The number of nitrogens with zero attached hydrogens (tertiary/aromatic N) is 2. The highest BCUT2D eigenvalue weighted by molar-refractivity contribution is 6.07. The highest BCUT2D eigenvalue weighted by Gasteiger charge is 2.48. The van der Waals surface area contributed by atoms with Gasteiger partial charge < -0.3 is 10.1 Å². The number of rotatable bonds is 5. The Bertz CT molecular complexity index is 892. The second kappa shape index (κ2) is 6.84. The Morgan fingerprint density at radius 1 is 1.19 bits per heavy atom. The van der Waals surface area contributed by atoms with Crippen LogP contribution in [0.1, 0.15) is 18.1 Å². The average Bonchev–Trinajstić information content (AvgIpc) is 2.87. The van der Waals surface area contributed by atoms with Crippen LogP contribution >= 0.6 is 0 Å². The first-order chi connectivity index (χ1) is 12.5. The fourth-order valence-corrected chi connectivity index (χ4v) is 2.78. The van der Waals surface area contributed by atoms with Crippen LogP contribution in [-0.2, 0) is 10.3 Å². The van der Waals surface area contributed by atoms with Crippen LogP contribution in [-0.4, -0.2) is 30.0 Å². The molecule has 6 nitrogen and oxygen atoms in total. The van der Waals surface area contributed by atoms with Crippen molar-refractivity contribution in [1.29, 1.82) is 5.26 Å². The topological polar surface area (TPSA) is 82.4 Å². The molecular weight excluding hydrogens is 337 g/mol. The number of benzene rings is 2. The summed E-state index contributed by atoms with van der Waals surface area (Å²) in [5.41, 5.74) is -0.181. The molecule has 7 heteroatoms. The number of hydrogen-bond donors (Lipinski definition) is 1. The summed E-state index contributed by atoms with van der Waals surface area (Å²) >= 11 is 0. The average molecular weight is 353 g/mol. The maximum atomic E-state index is 13.5. The van der Waals surface area contributed by atoms with Crippen molar-refractivity contribution in [3.05, 3.63) is 65.5 Å². The van der Waals surface area contributed by atoms with Crippen molar-refractivity contribution in [2.24, 2.45) is 0 Å². The molecule has 0 spiro atoms. The lowest BCUT2D eigenvalue weighted by Gasteiger charge is -2.22. The zero-order valence-corrected chi connectivity index (χ0v) is 14.0. The van der Waals surface area contributed by atoms with E-state index in [1.807, 2.05) is 6.07 Å². The molecule has 1 N–H and O–H groups in total. The maximum absolute atomic E-state index is 13.5. The molecule has 0 aromatic heterocycles. The third-order valence-corrected chi connectivity index (χ3v) is 4.28. The fourth-order valence-electron chi connectivity index (χ4n) is 2.78. The van der Waals surface area contributed by atoms with E-state index in [-0.39, 0.29) is 18.9 Å². The Hall–Kier alpha value is -3.40. The molecule has 132 valence electrons. The largest absolute Gasteiger partial charge is 0.489 e. The molecule has 0 radical (unpaired) electrons. The lowest BCUT2D eigenvalue weighted by Crippen LogP contribution is -2.41. The molecule has 0 unspecified atom stereocenters. The van der Waals surface area contributed by atoms with Gasteiger partial charge in [0.05, 0.1) is 18.2 Å². The van der Waals surface area contributed by atoms with Crippen molar-refractivity contribution in [3.8, 4) is 11.8 Å². The van der Waals surface area contributed by atoms with Gasteiger partial charge in [-0.2, -0.15) is 5.26 Å². The van der Waals surface area contributed by atoms with Crippen molar-refractivity contribution in [2.45, 2.75) is 12.5 Å². The van der Waals surface area contributed by atoms with Crippen molar-refractivity contribution in [3.63, 3.8) is 0 Å². The number of para-hydroxylation sites is 1. The maximum Gasteiger partial charge on any atom is 0.325 e. The minimum absolute atomic E-state index is 0.00906. The Morgan fingerprint density at radius 2 is 1.88 bits per heavy atom. The van der Waals surface area contributed by atoms with Gasteiger partial charge in [-0.25, -0.2) is 9.18 Å². The Kier molecular flexibility index (Phi) is 4.59. The summed E-state index contributed by atoms with van der Waals surface area (Å²) < 4.78 is 18.9. The van der Waals surface area contributed by atoms with Crippen molar-refractivity contribution in [1.82, 2.24) is 10.2 Å². The van der Waals surface area contributed by atoms with Gasteiger partial charge in [0.2, 0.25) is 0 Å². The van der Waals surface area contributed by atoms with Gasteiger partial charge in [0.15, 0.2) is 11.6 Å². The van der Waals surface area contributed by atoms with E-state index in [1.54, 1.807) is 43.3 Å². The van der Waals surface area contributed by atoms with Gasteiger partial charge in [0.1, 0.15) is 12.1 Å². The number of imide groups is 1. The standard InChI is InChI=1S/C19H16FN3O3/c1-19(14-8-6-13(12-21)7-9-14)17(24)23(18(25)22-19)10-11-26-16-5-3-2-4-15(16)20/h2-9H,10-11H2,1H3,(H,22,25)/t19-/m1/s1. The second-order valence-corrected chi connectivity index (χ2v) is 5.98. The van der Waals surface area contributed by atoms with Crippen LogP contribution in [0.5, 0.6) is 5.75 Å². The van der Waals surface area contributed by atoms with Gasteiger partial charge in [0.25, 0.3) is 5.91 Å². The van der Waals surface area contributed by atoms with E-state index in [1.165, 1.54) is 12.1 Å². The molecule has 1 aliphatic heterocycles. The van der Waals surface area contributed by atoms with Crippen LogP contribution in [0.15, 0.2) is 48.5 Å². The van der Waals surface area contributed by atoms with Crippen LogP contribution in [0.4, 0.5) is 9.18 Å². The highest BCUT2D eigenvalue weighted by atomic mass is 19.1. The first-order valence-corrected chi connectivity index (χ1v) is 7.98. The molecule has 26 heavy (non-hydrogen) atoms. The number of hydrogen-bond acceptors (Lipinski definition) is 4. The summed E-state index contributed by atoms with van der Waals surface area (Å²) in [6, 6.07) is 13.8. The summed E-state index contributed by atoms with van der Waals surface area (Å²) in [7, 11) is 0. The highest BCUT2D eigenvalue weighted by Crippen LogP contribution is 2.29. The molecule has 3 amide bonds. The number of urea groups is 1. The Labute approximate surface area is 149 Å². The third kappa shape index (κ3) is 3.09. The zero-order valence-electron chi connectivity index (χ0n) is 14.0. The molecule has 1 atom stereocenters. The predicted molar refractivity (Wildman–Crippen MR) is 90.6 cm³/mol. The van der Waals surface area contributed by atoms with Crippen molar-refractivity contribution >= 4 is 11.9 Å². The number of halogens is 1. The summed E-state index contributed by atoms with van der Waals surface area (Å²) in [4.78, 5) is 26.0. The van der Waals surface area contributed by atoms with E-state index < -0.39 is 23.3 Å². The van der Waals surface area contributed by atoms with Crippen LogP contribution < -0.4 is 10.1 Å². The lowest BCUT2D eigenvalue weighted by atomic mass is 9.91. The summed E-state index contributed by atoms with van der Waals surface area (Å²) in [5.74, 6) is -0.870. The van der Waals surface area contributed by atoms with Crippen molar-refractivity contribution < 1.29 is 18.7 Å². The summed E-state index contributed by atoms with van der Waals surface area (Å²) in [5, 5.41) is 11.5. The molecule has 2 aromatic carbocycles. The first-order valence-electron chi connectivity index (χ1n) is 7.98. The molecule has 3 rings (SSSR count). The third-order valence-electron chi connectivity index (χ3n) is 4.28. The summed E-state index contributed by atoms with van der Waals surface area (Å²) in [6.45, 7) is 1.57. The predicted octanol–water partition coefficient (Wildman–Crippen LogP) is 2.54. The molecule has 1 aliphatic rings. The van der Waals surface area contributed by atoms with E-state index >= 15 is 0 Å². The minimum atomic E-state index is -1.22. The Morgan fingerprint density at radius 3 is 2.54 bits per heavy atom. The number of nitriles is 1. The van der Waals surface area contributed by atoms with E-state index in [0.717, 1.165) is 4.90 Å². The van der Waals surface area contributed by atoms with Gasteiger partial charge in [-0.3, -0.25) is 9.69 Å². The Balaban J connectivity index is 1.70. The van der Waals surface area contributed by atoms with Crippen LogP contribution in [0.2, 0.25) is 0 Å². The van der Waals surface area contributed by atoms with E-state index in [4.69, 9.17) is 10.00 Å². The molecule has 1 heterocycles. The smallest absolute Gasteiger partial charge is 0.325 e. The van der Waals surface area contributed by atoms with E-state index in [2.05, 4.69) is 5.32 Å². The monoisotopic (exact) mass is 353 g/mol. The second-order valence-electron chi connectivity index (χ2n) is 5.98. The molecule has 0 bridgehead atoms. The molecule has 0 saturated carbocycles. The zero-order chi connectivity index (χ0) is 18.7. The summed E-state index contributed by atoms with van der Waals surface area (Å²) in [6.07, 6.45) is 0. The molecule has 1 fully saturated rings. The van der Waals surface area contributed by atoms with Crippen molar-refractivity contribution in [2.75, 3.05) is 13.2 Å². The molecular formula is C19H16FN3O3. The fraction of sp³-hybridized carbons (Fsp3) is 0.211. The number of amides is 3. The van der Waals surface area contributed by atoms with Gasteiger partial charge in [-0.15, -0.1) is 0 Å². The van der Waals surface area contributed by atoms with Gasteiger partial charge >= 0.3 is 6.03 Å².